The molecule has 1 aliphatic rings. The second kappa shape index (κ2) is 4.29. The lowest BCUT2D eigenvalue weighted by atomic mass is 9.82. The van der Waals surface area contributed by atoms with Gasteiger partial charge in [0.2, 0.25) is 0 Å². The molecule has 0 unspecified atom stereocenters. The van der Waals surface area contributed by atoms with Gasteiger partial charge in [-0.1, -0.05) is 12.8 Å². The number of alkyl halides is 3. The second-order valence-corrected chi connectivity index (χ2v) is 4.62. The van der Waals surface area contributed by atoms with Crippen LogP contribution >= 0.6 is 0 Å². The average molecular weight is 244 g/mol. The molecule has 5 heteroatoms. The lowest BCUT2D eigenvalue weighted by molar-refractivity contribution is -0.137. The van der Waals surface area contributed by atoms with E-state index in [1.807, 2.05) is 0 Å². The molecule has 1 aliphatic carbocycles. The Morgan fingerprint density at radius 1 is 1.29 bits per heavy atom. The van der Waals surface area contributed by atoms with E-state index in [1.165, 1.54) is 6.20 Å². The van der Waals surface area contributed by atoms with Crippen LogP contribution in [0.25, 0.3) is 0 Å². The van der Waals surface area contributed by atoms with Gasteiger partial charge in [-0.2, -0.15) is 13.2 Å². The smallest absolute Gasteiger partial charge is 0.330 e. The van der Waals surface area contributed by atoms with Crippen LogP contribution in [0.1, 0.15) is 36.9 Å². The molecular formula is C12H15F3N2. The molecule has 0 aliphatic heterocycles. The van der Waals surface area contributed by atoms with Crippen LogP contribution in [0.2, 0.25) is 0 Å². The number of halogens is 3. The highest BCUT2D eigenvalue weighted by Gasteiger charge is 2.38. The summed E-state index contributed by atoms with van der Waals surface area (Å²) in [5.74, 6) is 0. The van der Waals surface area contributed by atoms with Crippen LogP contribution in [0.15, 0.2) is 18.3 Å². The topological polar surface area (TPSA) is 38.9 Å². The van der Waals surface area contributed by atoms with Gasteiger partial charge < -0.3 is 5.73 Å². The normalized spacial score (nSPS) is 19.5. The van der Waals surface area contributed by atoms with E-state index in [-0.39, 0.29) is 5.41 Å². The van der Waals surface area contributed by atoms with Gasteiger partial charge in [-0.25, -0.2) is 0 Å². The van der Waals surface area contributed by atoms with E-state index in [9.17, 15) is 13.2 Å². The van der Waals surface area contributed by atoms with Crippen LogP contribution in [0, 0.1) is 0 Å². The summed E-state index contributed by atoms with van der Waals surface area (Å²) in [5, 5.41) is 0. The largest absolute Gasteiger partial charge is 0.416 e. The summed E-state index contributed by atoms with van der Waals surface area (Å²) in [6.45, 7) is 0.362. The fourth-order valence-electron chi connectivity index (χ4n) is 2.51. The zero-order valence-electron chi connectivity index (χ0n) is 9.43. The quantitative estimate of drug-likeness (QED) is 0.868. The van der Waals surface area contributed by atoms with Crippen molar-refractivity contribution in [3.63, 3.8) is 0 Å². The van der Waals surface area contributed by atoms with Crippen molar-refractivity contribution in [1.82, 2.24) is 4.98 Å². The molecule has 2 rings (SSSR count). The van der Waals surface area contributed by atoms with E-state index in [0.29, 0.717) is 12.2 Å². The van der Waals surface area contributed by atoms with E-state index >= 15 is 0 Å². The van der Waals surface area contributed by atoms with Crippen molar-refractivity contribution in [1.29, 1.82) is 0 Å². The second-order valence-electron chi connectivity index (χ2n) is 4.62. The Labute approximate surface area is 98.0 Å². The Bertz CT molecular complexity index is 395. The molecule has 17 heavy (non-hydrogen) atoms. The fraction of sp³-hybridized carbons (Fsp3) is 0.583. The number of rotatable bonds is 2. The van der Waals surface area contributed by atoms with Crippen molar-refractivity contribution in [3.05, 3.63) is 29.6 Å². The van der Waals surface area contributed by atoms with Crippen molar-refractivity contribution in [3.8, 4) is 0 Å². The molecule has 0 radical (unpaired) electrons. The molecule has 0 aromatic carbocycles. The van der Waals surface area contributed by atoms with Gasteiger partial charge in [0, 0.05) is 23.9 Å². The molecule has 2 N–H and O–H groups in total. The van der Waals surface area contributed by atoms with Crippen molar-refractivity contribution in [2.24, 2.45) is 5.73 Å². The summed E-state index contributed by atoms with van der Waals surface area (Å²) in [6, 6.07) is 2.15. The van der Waals surface area contributed by atoms with Gasteiger partial charge in [-0.15, -0.1) is 0 Å². The Morgan fingerprint density at radius 3 is 2.47 bits per heavy atom. The van der Waals surface area contributed by atoms with Gasteiger partial charge in [-0.3, -0.25) is 4.98 Å². The minimum absolute atomic E-state index is 0.346. The van der Waals surface area contributed by atoms with Crippen molar-refractivity contribution in [2.45, 2.75) is 37.3 Å². The molecule has 0 amide bonds. The van der Waals surface area contributed by atoms with Crippen LogP contribution < -0.4 is 5.73 Å². The molecule has 1 saturated carbocycles. The van der Waals surface area contributed by atoms with Crippen LogP contribution in [0.4, 0.5) is 13.2 Å². The minimum Gasteiger partial charge on any atom is -0.330 e. The molecule has 1 aromatic rings. The Hall–Kier alpha value is -1.10. The Morgan fingerprint density at radius 2 is 1.94 bits per heavy atom. The van der Waals surface area contributed by atoms with Gasteiger partial charge in [-0.05, 0) is 25.0 Å². The Kier molecular flexibility index (Phi) is 3.12. The zero-order chi connectivity index (χ0) is 12.5. The van der Waals surface area contributed by atoms with Gasteiger partial charge in [0.05, 0.1) is 5.56 Å². The fourth-order valence-corrected chi connectivity index (χ4v) is 2.51. The third kappa shape index (κ3) is 2.29. The van der Waals surface area contributed by atoms with Crippen LogP contribution in [0.5, 0.6) is 0 Å². The number of nitrogens with zero attached hydrogens (tertiary/aromatic N) is 1. The van der Waals surface area contributed by atoms with Gasteiger partial charge >= 0.3 is 6.18 Å². The van der Waals surface area contributed by atoms with Crippen LogP contribution in [-0.4, -0.2) is 11.5 Å². The highest BCUT2D eigenvalue weighted by Crippen LogP contribution is 2.40. The van der Waals surface area contributed by atoms with E-state index in [0.717, 1.165) is 37.8 Å². The first-order valence-corrected chi connectivity index (χ1v) is 5.72. The molecule has 1 aromatic heterocycles. The van der Waals surface area contributed by atoms with Gasteiger partial charge in [0.1, 0.15) is 0 Å². The van der Waals surface area contributed by atoms with Crippen LogP contribution in [0.3, 0.4) is 0 Å². The van der Waals surface area contributed by atoms with Crippen molar-refractivity contribution in [2.75, 3.05) is 6.54 Å². The number of pyridine rings is 1. The standard InChI is InChI=1S/C12H15F3N2/c13-12(14,15)9-3-6-17-10(7-9)11(8-16)4-1-2-5-11/h3,6-7H,1-2,4-5,8,16H2. The zero-order valence-corrected chi connectivity index (χ0v) is 9.43. The monoisotopic (exact) mass is 244 g/mol. The first-order valence-electron chi connectivity index (χ1n) is 5.72. The number of hydrogen-bond donors (Lipinski definition) is 1. The lowest BCUT2D eigenvalue weighted by Gasteiger charge is -2.27. The summed E-state index contributed by atoms with van der Waals surface area (Å²) < 4.78 is 37.9. The maximum Gasteiger partial charge on any atom is 0.416 e. The average Bonchev–Trinajstić information content (AvgIpc) is 2.78. The summed E-state index contributed by atoms with van der Waals surface area (Å²) in [5.41, 5.74) is 5.25. The van der Waals surface area contributed by atoms with Crippen molar-refractivity contribution < 1.29 is 13.2 Å². The van der Waals surface area contributed by atoms with E-state index in [2.05, 4.69) is 4.98 Å². The van der Waals surface area contributed by atoms with Crippen LogP contribution in [-0.2, 0) is 11.6 Å². The third-order valence-electron chi connectivity index (χ3n) is 3.58. The molecule has 1 fully saturated rings. The molecule has 94 valence electrons. The summed E-state index contributed by atoms with van der Waals surface area (Å²) in [4.78, 5) is 4.10. The molecule has 0 atom stereocenters. The molecular weight excluding hydrogens is 229 g/mol. The summed E-state index contributed by atoms with van der Waals surface area (Å²) in [7, 11) is 0. The predicted molar refractivity (Wildman–Crippen MR) is 58.4 cm³/mol. The van der Waals surface area contributed by atoms with E-state index in [4.69, 9.17) is 5.73 Å². The Balaban J connectivity index is 2.39. The number of hydrogen-bond acceptors (Lipinski definition) is 2. The molecule has 0 bridgehead atoms. The van der Waals surface area contributed by atoms with E-state index in [1.54, 1.807) is 0 Å². The molecule has 2 nitrogen and oxygen atoms in total. The number of aromatic nitrogens is 1. The first kappa shape index (κ1) is 12.4. The lowest BCUT2D eigenvalue weighted by Crippen LogP contribution is -2.33. The van der Waals surface area contributed by atoms with E-state index < -0.39 is 11.7 Å². The van der Waals surface area contributed by atoms with Gasteiger partial charge in [0.25, 0.3) is 0 Å². The third-order valence-corrected chi connectivity index (χ3v) is 3.58. The van der Waals surface area contributed by atoms with Crippen molar-refractivity contribution >= 4 is 0 Å². The highest BCUT2D eigenvalue weighted by molar-refractivity contribution is 5.26. The SMILES string of the molecule is NCC1(c2cc(C(F)(F)F)ccn2)CCCC1. The number of nitrogens with two attached hydrogens (primary N) is 1. The molecule has 1 heterocycles. The maximum absolute atomic E-state index is 12.6. The first-order chi connectivity index (χ1) is 7.98. The predicted octanol–water partition coefficient (Wildman–Crippen LogP) is 2.87. The maximum atomic E-state index is 12.6. The van der Waals surface area contributed by atoms with Gasteiger partial charge in [0.15, 0.2) is 0 Å². The summed E-state index contributed by atoms with van der Waals surface area (Å²) in [6.07, 6.45) is 0.597. The highest BCUT2D eigenvalue weighted by atomic mass is 19.4. The molecule has 0 spiro atoms. The summed E-state index contributed by atoms with van der Waals surface area (Å²) >= 11 is 0. The molecule has 0 saturated heterocycles. The minimum atomic E-state index is -4.31.